The minimum atomic E-state index is -0.206. The fraction of sp³-hybridized carbons (Fsp3) is 0.455. The van der Waals surface area contributed by atoms with E-state index in [-0.39, 0.29) is 11.9 Å². The van der Waals surface area contributed by atoms with Gasteiger partial charge in [0.15, 0.2) is 0 Å². The third kappa shape index (κ3) is 2.93. The Balaban J connectivity index is 2.79. The molecule has 0 aliphatic rings. The first kappa shape index (κ1) is 12.4. The highest BCUT2D eigenvalue weighted by molar-refractivity contribution is 5.96. The lowest BCUT2D eigenvalue weighted by molar-refractivity contribution is 0.0933. The van der Waals surface area contributed by atoms with E-state index in [4.69, 9.17) is 10.5 Å². The fourth-order valence-corrected chi connectivity index (χ4v) is 1.32. The molecule has 0 aromatic carbocycles. The predicted molar refractivity (Wildman–Crippen MR) is 61.4 cm³/mol. The van der Waals surface area contributed by atoms with Crippen molar-refractivity contribution in [1.29, 1.82) is 0 Å². The van der Waals surface area contributed by atoms with Gasteiger partial charge in [-0.15, -0.1) is 0 Å². The number of amides is 1. The van der Waals surface area contributed by atoms with Crippen LogP contribution < -0.4 is 15.8 Å². The van der Waals surface area contributed by atoms with Gasteiger partial charge in [-0.3, -0.25) is 4.79 Å². The maximum atomic E-state index is 11.9. The van der Waals surface area contributed by atoms with Gasteiger partial charge in [0.05, 0.1) is 7.11 Å². The van der Waals surface area contributed by atoms with Crippen LogP contribution in [0.3, 0.4) is 0 Å². The summed E-state index contributed by atoms with van der Waals surface area (Å²) in [5.41, 5.74) is 5.95. The molecular formula is C11H17N3O2. The Labute approximate surface area is 95.0 Å². The molecule has 5 heteroatoms. The minimum absolute atomic E-state index is 0.0163. The number of ether oxygens (including phenoxy) is 1. The van der Waals surface area contributed by atoms with Crippen LogP contribution in [0.2, 0.25) is 0 Å². The average Bonchev–Trinajstić information content (AvgIpc) is 2.35. The topological polar surface area (TPSA) is 77.2 Å². The Bertz CT molecular complexity index is 351. The Hall–Kier alpha value is -1.62. The van der Waals surface area contributed by atoms with E-state index in [2.05, 4.69) is 10.3 Å². The second kappa shape index (κ2) is 6.07. The highest BCUT2D eigenvalue weighted by Crippen LogP contribution is 2.13. The number of nitrogens with zero attached hydrogens (tertiary/aromatic N) is 1. The summed E-state index contributed by atoms with van der Waals surface area (Å²) in [6.07, 6.45) is 2.38. The van der Waals surface area contributed by atoms with E-state index in [0.29, 0.717) is 18.0 Å². The van der Waals surface area contributed by atoms with Crippen molar-refractivity contribution in [2.24, 2.45) is 5.73 Å². The summed E-state index contributed by atoms with van der Waals surface area (Å²) in [4.78, 5) is 15.8. The van der Waals surface area contributed by atoms with Crippen LogP contribution in [0.4, 0.5) is 0 Å². The molecule has 0 fully saturated rings. The fourth-order valence-electron chi connectivity index (χ4n) is 1.32. The molecule has 0 saturated carbocycles. The van der Waals surface area contributed by atoms with Crippen molar-refractivity contribution < 1.29 is 9.53 Å². The van der Waals surface area contributed by atoms with Crippen molar-refractivity contribution in [2.75, 3.05) is 13.7 Å². The Kier molecular flexibility index (Phi) is 4.72. The highest BCUT2D eigenvalue weighted by atomic mass is 16.5. The van der Waals surface area contributed by atoms with E-state index in [0.717, 1.165) is 6.42 Å². The van der Waals surface area contributed by atoms with Gasteiger partial charge in [-0.2, -0.15) is 0 Å². The molecule has 0 saturated heterocycles. The largest absolute Gasteiger partial charge is 0.480 e. The van der Waals surface area contributed by atoms with Gasteiger partial charge >= 0.3 is 0 Å². The van der Waals surface area contributed by atoms with E-state index >= 15 is 0 Å². The van der Waals surface area contributed by atoms with Crippen LogP contribution in [-0.2, 0) is 0 Å². The number of carbonyl (C=O) groups excluding carboxylic acids is 1. The van der Waals surface area contributed by atoms with Crippen molar-refractivity contribution in [1.82, 2.24) is 10.3 Å². The third-order valence-electron chi connectivity index (χ3n) is 2.32. The molecule has 5 nitrogen and oxygen atoms in total. The molecule has 16 heavy (non-hydrogen) atoms. The smallest absolute Gasteiger partial charge is 0.257 e. The maximum Gasteiger partial charge on any atom is 0.257 e. The van der Waals surface area contributed by atoms with Gasteiger partial charge < -0.3 is 15.8 Å². The Morgan fingerprint density at radius 3 is 3.00 bits per heavy atom. The minimum Gasteiger partial charge on any atom is -0.480 e. The molecule has 1 aromatic heterocycles. The lowest BCUT2D eigenvalue weighted by Gasteiger charge is -2.15. The number of pyridine rings is 1. The van der Waals surface area contributed by atoms with Gasteiger partial charge in [0.25, 0.3) is 5.91 Å². The summed E-state index contributed by atoms with van der Waals surface area (Å²) >= 11 is 0. The standard InChI is InChI=1S/C11H17N3O2/c1-3-8(7-12)14-10(15)9-5-4-6-13-11(9)16-2/h4-6,8H,3,7,12H2,1-2H3,(H,14,15). The van der Waals surface area contributed by atoms with Crippen molar-refractivity contribution in [2.45, 2.75) is 19.4 Å². The molecule has 1 aromatic rings. The summed E-state index contributed by atoms with van der Waals surface area (Å²) in [6.45, 7) is 2.39. The quantitative estimate of drug-likeness (QED) is 0.764. The highest BCUT2D eigenvalue weighted by Gasteiger charge is 2.15. The number of nitrogens with two attached hydrogens (primary N) is 1. The monoisotopic (exact) mass is 223 g/mol. The number of rotatable bonds is 5. The van der Waals surface area contributed by atoms with E-state index in [1.54, 1.807) is 18.3 Å². The summed E-state index contributed by atoms with van der Waals surface area (Å²) in [6, 6.07) is 3.35. The van der Waals surface area contributed by atoms with E-state index < -0.39 is 0 Å². The predicted octanol–water partition coefficient (Wildman–Crippen LogP) is 0.557. The first-order valence-corrected chi connectivity index (χ1v) is 5.22. The van der Waals surface area contributed by atoms with Crippen LogP contribution in [0.15, 0.2) is 18.3 Å². The van der Waals surface area contributed by atoms with Crippen molar-refractivity contribution in [3.63, 3.8) is 0 Å². The number of aromatic nitrogens is 1. The Morgan fingerprint density at radius 1 is 1.69 bits per heavy atom. The molecule has 3 N–H and O–H groups in total. The Morgan fingerprint density at radius 2 is 2.44 bits per heavy atom. The molecule has 88 valence electrons. The normalized spacial score (nSPS) is 11.9. The number of carbonyl (C=O) groups is 1. The van der Waals surface area contributed by atoms with Crippen LogP contribution in [0, 0.1) is 0 Å². The summed E-state index contributed by atoms with van der Waals surface area (Å²) < 4.78 is 5.01. The van der Waals surface area contributed by atoms with Gasteiger partial charge in [0, 0.05) is 18.8 Å². The number of nitrogens with one attached hydrogen (secondary N) is 1. The summed E-state index contributed by atoms with van der Waals surface area (Å²) in [5, 5.41) is 2.82. The first-order chi connectivity index (χ1) is 7.72. The molecule has 0 bridgehead atoms. The second-order valence-corrected chi connectivity index (χ2v) is 3.37. The van der Waals surface area contributed by atoms with Crippen LogP contribution >= 0.6 is 0 Å². The van der Waals surface area contributed by atoms with Crippen LogP contribution in [0.25, 0.3) is 0 Å². The molecule has 1 amide bonds. The van der Waals surface area contributed by atoms with Gasteiger partial charge in [0.2, 0.25) is 5.88 Å². The second-order valence-electron chi connectivity index (χ2n) is 3.37. The first-order valence-electron chi connectivity index (χ1n) is 5.22. The summed E-state index contributed by atoms with van der Waals surface area (Å²) in [5.74, 6) is 0.120. The van der Waals surface area contributed by atoms with Crippen molar-refractivity contribution >= 4 is 5.91 Å². The molecule has 1 rings (SSSR count). The molecule has 0 aliphatic carbocycles. The summed E-state index contributed by atoms with van der Waals surface area (Å²) in [7, 11) is 1.49. The van der Waals surface area contributed by atoms with Gasteiger partial charge in [-0.05, 0) is 18.6 Å². The van der Waals surface area contributed by atoms with Gasteiger partial charge in [0.1, 0.15) is 5.56 Å². The lowest BCUT2D eigenvalue weighted by Crippen LogP contribution is -2.39. The van der Waals surface area contributed by atoms with Crippen LogP contribution in [0.5, 0.6) is 5.88 Å². The zero-order valence-corrected chi connectivity index (χ0v) is 9.56. The molecule has 1 atom stereocenters. The zero-order chi connectivity index (χ0) is 12.0. The van der Waals surface area contributed by atoms with E-state index in [1.165, 1.54) is 7.11 Å². The number of methoxy groups -OCH3 is 1. The number of hydrogen-bond acceptors (Lipinski definition) is 4. The van der Waals surface area contributed by atoms with Crippen LogP contribution in [-0.4, -0.2) is 30.6 Å². The van der Waals surface area contributed by atoms with Crippen LogP contribution in [0.1, 0.15) is 23.7 Å². The lowest BCUT2D eigenvalue weighted by atomic mass is 10.2. The molecule has 0 aliphatic heterocycles. The molecule has 0 spiro atoms. The van der Waals surface area contributed by atoms with E-state index in [9.17, 15) is 4.79 Å². The van der Waals surface area contributed by atoms with Gasteiger partial charge in [-0.25, -0.2) is 4.98 Å². The molecule has 1 heterocycles. The molecular weight excluding hydrogens is 206 g/mol. The van der Waals surface area contributed by atoms with Crippen molar-refractivity contribution in [3.05, 3.63) is 23.9 Å². The SMILES string of the molecule is CCC(CN)NC(=O)c1cccnc1OC. The maximum absolute atomic E-state index is 11.9. The molecule has 1 unspecified atom stereocenters. The molecule has 0 radical (unpaired) electrons. The number of hydrogen-bond donors (Lipinski definition) is 2. The van der Waals surface area contributed by atoms with E-state index in [1.807, 2.05) is 6.92 Å². The van der Waals surface area contributed by atoms with Gasteiger partial charge in [-0.1, -0.05) is 6.92 Å². The third-order valence-corrected chi connectivity index (χ3v) is 2.32. The zero-order valence-electron chi connectivity index (χ0n) is 9.56. The van der Waals surface area contributed by atoms with Crippen molar-refractivity contribution in [3.8, 4) is 5.88 Å². The average molecular weight is 223 g/mol.